The molecule has 0 aliphatic carbocycles. The van der Waals surface area contributed by atoms with Crippen molar-refractivity contribution in [3.8, 4) is 5.75 Å². The van der Waals surface area contributed by atoms with Gasteiger partial charge >= 0.3 is 12.4 Å². The third-order valence-corrected chi connectivity index (χ3v) is 5.51. The number of urea groups is 1. The maximum atomic E-state index is 13.2. The third kappa shape index (κ3) is 6.32. The largest absolute Gasteiger partial charge is 0.573 e. The van der Waals surface area contributed by atoms with Gasteiger partial charge in [-0.05, 0) is 61.4 Å². The quantitative estimate of drug-likeness (QED) is 0.469. The van der Waals surface area contributed by atoms with Gasteiger partial charge in [0.2, 0.25) is 0 Å². The van der Waals surface area contributed by atoms with E-state index in [0.29, 0.717) is 42.0 Å². The summed E-state index contributed by atoms with van der Waals surface area (Å²) in [5.41, 5.74) is 3.21. The molecule has 0 atom stereocenters. The van der Waals surface area contributed by atoms with Crippen molar-refractivity contribution in [3.63, 3.8) is 0 Å². The molecule has 0 radical (unpaired) electrons. The van der Waals surface area contributed by atoms with E-state index in [1.807, 2.05) is 19.1 Å². The van der Waals surface area contributed by atoms with Crippen molar-refractivity contribution < 1.29 is 27.5 Å². The molecule has 1 aliphatic rings. The fourth-order valence-electron chi connectivity index (χ4n) is 3.97. The molecule has 1 heterocycles. The van der Waals surface area contributed by atoms with Crippen LogP contribution in [0.1, 0.15) is 27.9 Å². The van der Waals surface area contributed by atoms with Crippen LogP contribution in [0.5, 0.6) is 5.75 Å². The number of benzene rings is 3. The molecule has 1 aliphatic heterocycles. The summed E-state index contributed by atoms with van der Waals surface area (Å²) in [7, 11) is 0. The van der Waals surface area contributed by atoms with Crippen LogP contribution in [0.15, 0.2) is 72.8 Å². The summed E-state index contributed by atoms with van der Waals surface area (Å²) in [5.74, 6) is -0.577. The zero-order valence-electron chi connectivity index (χ0n) is 19.0. The van der Waals surface area contributed by atoms with Crippen LogP contribution in [0.3, 0.4) is 0 Å². The molecule has 35 heavy (non-hydrogen) atoms. The fraction of sp³-hybridized carbons (Fsp3) is 0.231. The minimum absolute atomic E-state index is 0.147. The summed E-state index contributed by atoms with van der Waals surface area (Å²) in [6.07, 6.45) is -4.10. The van der Waals surface area contributed by atoms with E-state index in [1.54, 1.807) is 52.3 Å². The number of aryl methyl sites for hydroxylation is 1. The van der Waals surface area contributed by atoms with Gasteiger partial charge in [0.25, 0.3) is 5.91 Å². The Kier molecular flexibility index (Phi) is 6.95. The molecule has 0 saturated carbocycles. The van der Waals surface area contributed by atoms with E-state index in [9.17, 15) is 22.8 Å². The lowest BCUT2D eigenvalue weighted by atomic mass is 10.1. The van der Waals surface area contributed by atoms with Crippen LogP contribution < -0.4 is 15.0 Å². The summed E-state index contributed by atoms with van der Waals surface area (Å²) < 4.78 is 41.6. The maximum Gasteiger partial charge on any atom is 0.573 e. The Morgan fingerprint density at radius 3 is 2.54 bits per heavy atom. The van der Waals surface area contributed by atoms with E-state index in [-0.39, 0.29) is 24.2 Å². The minimum atomic E-state index is -4.78. The molecule has 3 amide bonds. The number of ether oxygens (including phenoxy) is 1. The monoisotopic (exact) mass is 483 g/mol. The molecule has 3 aromatic carbocycles. The van der Waals surface area contributed by atoms with Crippen LogP contribution in [0, 0.1) is 6.92 Å². The molecule has 0 unspecified atom stereocenters. The topological polar surface area (TPSA) is 61.9 Å². The highest BCUT2D eigenvalue weighted by atomic mass is 19.4. The van der Waals surface area contributed by atoms with Gasteiger partial charge in [-0.15, -0.1) is 13.2 Å². The highest BCUT2D eigenvalue weighted by Crippen LogP contribution is 2.27. The first kappa shape index (κ1) is 24.1. The summed E-state index contributed by atoms with van der Waals surface area (Å²) in [6, 6.07) is 19.6. The van der Waals surface area contributed by atoms with Gasteiger partial charge < -0.3 is 15.0 Å². The molecule has 0 spiro atoms. The zero-order valence-corrected chi connectivity index (χ0v) is 19.0. The van der Waals surface area contributed by atoms with E-state index >= 15 is 0 Å². The molecule has 4 rings (SSSR count). The highest BCUT2D eigenvalue weighted by molar-refractivity contribution is 6.05. The van der Waals surface area contributed by atoms with Gasteiger partial charge in [0, 0.05) is 36.6 Å². The Balaban J connectivity index is 1.46. The molecule has 182 valence electrons. The number of nitrogens with one attached hydrogen (secondary N) is 1. The first-order chi connectivity index (χ1) is 16.7. The molecular formula is C26H24F3N3O3. The molecule has 1 fully saturated rings. The number of hydrogen-bond donors (Lipinski definition) is 1. The first-order valence-electron chi connectivity index (χ1n) is 11.1. The number of hydrogen-bond acceptors (Lipinski definition) is 3. The molecule has 1 N–H and O–H groups in total. The molecule has 6 nitrogen and oxygen atoms in total. The zero-order chi connectivity index (χ0) is 25.0. The van der Waals surface area contributed by atoms with E-state index in [4.69, 9.17) is 0 Å². The van der Waals surface area contributed by atoms with Crippen LogP contribution in [0.4, 0.5) is 29.3 Å². The van der Waals surface area contributed by atoms with Gasteiger partial charge in [0.15, 0.2) is 0 Å². The van der Waals surface area contributed by atoms with Crippen LogP contribution in [-0.4, -0.2) is 36.3 Å². The predicted octanol–water partition coefficient (Wildman–Crippen LogP) is 5.98. The number of anilines is 2. The third-order valence-electron chi connectivity index (χ3n) is 5.51. The summed E-state index contributed by atoms with van der Waals surface area (Å²) in [5, 5.41) is 2.86. The van der Waals surface area contributed by atoms with Crippen LogP contribution in [0.25, 0.3) is 0 Å². The van der Waals surface area contributed by atoms with Gasteiger partial charge in [-0.3, -0.25) is 9.69 Å². The Labute approximate surface area is 200 Å². The van der Waals surface area contributed by atoms with Crippen molar-refractivity contribution in [2.45, 2.75) is 26.3 Å². The second-order valence-electron chi connectivity index (χ2n) is 8.28. The predicted molar refractivity (Wildman–Crippen MR) is 126 cm³/mol. The van der Waals surface area contributed by atoms with Crippen molar-refractivity contribution in [3.05, 3.63) is 89.5 Å². The molecule has 1 saturated heterocycles. The van der Waals surface area contributed by atoms with Crippen molar-refractivity contribution in [1.29, 1.82) is 0 Å². The highest BCUT2D eigenvalue weighted by Gasteiger charge is 2.31. The lowest BCUT2D eigenvalue weighted by Crippen LogP contribution is -2.49. The average molecular weight is 483 g/mol. The summed E-state index contributed by atoms with van der Waals surface area (Å²) in [4.78, 5) is 29.0. The number of rotatable bonds is 6. The second kappa shape index (κ2) is 10.1. The van der Waals surface area contributed by atoms with Crippen molar-refractivity contribution in [2.75, 3.05) is 23.3 Å². The first-order valence-corrected chi connectivity index (χ1v) is 11.1. The normalized spacial score (nSPS) is 14.1. The van der Waals surface area contributed by atoms with Crippen molar-refractivity contribution in [2.24, 2.45) is 0 Å². The fourth-order valence-corrected chi connectivity index (χ4v) is 3.97. The van der Waals surface area contributed by atoms with E-state index in [0.717, 1.165) is 5.56 Å². The van der Waals surface area contributed by atoms with Crippen LogP contribution >= 0.6 is 0 Å². The summed E-state index contributed by atoms with van der Waals surface area (Å²) >= 11 is 0. The molecule has 9 heteroatoms. The molecule has 3 aromatic rings. The molecule has 0 bridgehead atoms. The van der Waals surface area contributed by atoms with E-state index < -0.39 is 6.36 Å². The van der Waals surface area contributed by atoms with Gasteiger partial charge in [-0.2, -0.15) is 0 Å². The lowest BCUT2D eigenvalue weighted by molar-refractivity contribution is -0.274. The van der Waals surface area contributed by atoms with E-state index in [2.05, 4.69) is 10.1 Å². The Hall–Kier alpha value is -4.01. The van der Waals surface area contributed by atoms with Crippen molar-refractivity contribution >= 4 is 23.3 Å². The number of carbonyl (C=O) groups is 2. The number of halogens is 3. The second-order valence-corrected chi connectivity index (χ2v) is 8.28. The van der Waals surface area contributed by atoms with Gasteiger partial charge in [-0.1, -0.05) is 35.9 Å². The SMILES string of the molecule is Cc1cccc(C(=O)Nc2cccc(N3CCCN(Cc4cccc(OC(F)(F)F)c4)C3=O)c2)c1. The van der Waals surface area contributed by atoms with Crippen LogP contribution in [-0.2, 0) is 6.54 Å². The van der Waals surface area contributed by atoms with Gasteiger partial charge in [-0.25, -0.2) is 4.79 Å². The standard InChI is InChI=1S/C26H24F3N3O3/c1-18-6-2-8-20(14-18)24(33)30-21-9-4-10-22(16-21)32-13-5-12-31(25(32)34)17-19-7-3-11-23(15-19)35-26(27,28)29/h2-4,6-11,14-16H,5,12-13,17H2,1H3,(H,30,33). The smallest absolute Gasteiger partial charge is 0.406 e. The van der Waals surface area contributed by atoms with Crippen LogP contribution in [0.2, 0.25) is 0 Å². The number of alkyl halides is 3. The minimum Gasteiger partial charge on any atom is -0.406 e. The Morgan fingerprint density at radius 1 is 1.00 bits per heavy atom. The Morgan fingerprint density at radius 2 is 1.77 bits per heavy atom. The molecular weight excluding hydrogens is 459 g/mol. The maximum absolute atomic E-state index is 13.2. The van der Waals surface area contributed by atoms with Crippen molar-refractivity contribution in [1.82, 2.24) is 4.90 Å². The van der Waals surface area contributed by atoms with E-state index in [1.165, 1.54) is 18.2 Å². The molecule has 0 aromatic heterocycles. The van der Waals surface area contributed by atoms with Gasteiger partial charge in [0.1, 0.15) is 5.75 Å². The van der Waals surface area contributed by atoms with Gasteiger partial charge in [0.05, 0.1) is 0 Å². The average Bonchev–Trinajstić information content (AvgIpc) is 2.80. The lowest BCUT2D eigenvalue weighted by Gasteiger charge is -2.36. The Bertz CT molecular complexity index is 1230. The number of amides is 3. The number of nitrogens with zero attached hydrogens (tertiary/aromatic N) is 2. The number of carbonyl (C=O) groups excluding carboxylic acids is 2. The summed E-state index contributed by atoms with van der Waals surface area (Å²) in [6.45, 7) is 3.02.